The Morgan fingerprint density at radius 1 is 1.32 bits per heavy atom. The first kappa shape index (κ1) is 18.4. The van der Waals surface area contributed by atoms with Crippen LogP contribution in [0.5, 0.6) is 0 Å². The standard InChI is InChI=1S/C16H25N3O2S/c1-5-10-19(11-6-2)22(20,21)16(7-3)9-8-14(4)15-12-17-18-13-15/h7-9,12-13H,4-6,10-11H2,1-3H3,(H,17,18)/b9-8-,16-7+. The van der Waals surface area contributed by atoms with Crippen LogP contribution in [-0.4, -0.2) is 36.0 Å². The minimum Gasteiger partial charge on any atom is -0.285 e. The topological polar surface area (TPSA) is 66.1 Å². The number of nitrogens with zero attached hydrogens (tertiary/aromatic N) is 2. The molecule has 122 valence electrons. The summed E-state index contributed by atoms with van der Waals surface area (Å²) < 4.78 is 26.9. The van der Waals surface area contributed by atoms with E-state index in [2.05, 4.69) is 16.8 Å². The summed E-state index contributed by atoms with van der Waals surface area (Å²) >= 11 is 0. The molecule has 0 aliphatic carbocycles. The fourth-order valence-corrected chi connectivity index (χ4v) is 3.72. The smallest absolute Gasteiger partial charge is 0.242 e. The Labute approximate surface area is 133 Å². The molecule has 0 aliphatic heterocycles. The normalized spacial score (nSPS) is 13.2. The molecular weight excluding hydrogens is 298 g/mol. The van der Waals surface area contributed by atoms with Gasteiger partial charge in [-0.15, -0.1) is 0 Å². The van der Waals surface area contributed by atoms with Crippen LogP contribution in [0.3, 0.4) is 0 Å². The molecule has 0 saturated heterocycles. The summed E-state index contributed by atoms with van der Waals surface area (Å²) in [5.41, 5.74) is 1.55. The van der Waals surface area contributed by atoms with Gasteiger partial charge in [-0.25, -0.2) is 8.42 Å². The van der Waals surface area contributed by atoms with Crippen molar-refractivity contribution in [3.8, 4) is 0 Å². The van der Waals surface area contributed by atoms with Gasteiger partial charge in [0.05, 0.1) is 11.1 Å². The number of rotatable bonds is 9. The van der Waals surface area contributed by atoms with E-state index in [0.717, 1.165) is 18.4 Å². The summed E-state index contributed by atoms with van der Waals surface area (Å²) in [4.78, 5) is 0.291. The second-order valence-electron chi connectivity index (χ2n) is 4.94. The Balaban J connectivity index is 2.96. The first-order valence-electron chi connectivity index (χ1n) is 7.49. The zero-order valence-electron chi connectivity index (χ0n) is 13.5. The summed E-state index contributed by atoms with van der Waals surface area (Å²) in [5.74, 6) is 0. The maximum atomic E-state index is 12.7. The lowest BCUT2D eigenvalue weighted by Gasteiger charge is -2.21. The Hall–Kier alpha value is -1.66. The molecule has 0 fully saturated rings. The molecule has 0 saturated carbocycles. The summed E-state index contributed by atoms with van der Waals surface area (Å²) in [6.07, 6.45) is 9.88. The van der Waals surface area contributed by atoms with Crippen molar-refractivity contribution in [2.75, 3.05) is 13.1 Å². The SMILES string of the molecule is C=C(/C=C\C(=C/C)S(=O)(=O)N(CCC)CCC)c1cn[nH]c1. The molecule has 1 aromatic heterocycles. The number of aromatic nitrogens is 2. The lowest BCUT2D eigenvalue weighted by atomic mass is 10.1. The Morgan fingerprint density at radius 3 is 2.41 bits per heavy atom. The lowest BCUT2D eigenvalue weighted by molar-refractivity contribution is 0.415. The molecule has 0 amide bonds. The van der Waals surface area contributed by atoms with Crippen LogP contribution >= 0.6 is 0 Å². The molecule has 1 aromatic rings. The molecule has 0 aliphatic rings. The van der Waals surface area contributed by atoms with Gasteiger partial charge in [-0.2, -0.15) is 9.40 Å². The number of sulfonamides is 1. The predicted molar refractivity (Wildman–Crippen MR) is 91.6 cm³/mol. The largest absolute Gasteiger partial charge is 0.285 e. The molecule has 1 N–H and O–H groups in total. The van der Waals surface area contributed by atoms with Crippen molar-refractivity contribution < 1.29 is 8.42 Å². The quantitative estimate of drug-likeness (QED) is 0.709. The maximum Gasteiger partial charge on any atom is 0.242 e. The van der Waals surface area contributed by atoms with E-state index in [1.54, 1.807) is 37.5 Å². The number of H-pyrrole nitrogens is 1. The first-order valence-corrected chi connectivity index (χ1v) is 8.93. The van der Waals surface area contributed by atoms with E-state index in [0.29, 0.717) is 23.6 Å². The number of nitrogens with one attached hydrogen (secondary N) is 1. The molecule has 6 heteroatoms. The zero-order valence-corrected chi connectivity index (χ0v) is 14.4. The third-order valence-electron chi connectivity index (χ3n) is 3.19. The van der Waals surface area contributed by atoms with Crippen molar-refractivity contribution in [1.29, 1.82) is 0 Å². The van der Waals surface area contributed by atoms with E-state index in [4.69, 9.17) is 0 Å². The molecule has 0 aromatic carbocycles. The first-order chi connectivity index (χ1) is 10.5. The second-order valence-corrected chi connectivity index (χ2v) is 6.88. The van der Waals surface area contributed by atoms with Crippen LogP contribution in [0.25, 0.3) is 5.57 Å². The van der Waals surface area contributed by atoms with Crippen LogP contribution in [0, 0.1) is 0 Å². The van der Waals surface area contributed by atoms with Crippen LogP contribution < -0.4 is 0 Å². The third kappa shape index (κ3) is 4.68. The van der Waals surface area contributed by atoms with Crippen molar-refractivity contribution in [3.63, 3.8) is 0 Å². The molecule has 0 radical (unpaired) electrons. The Morgan fingerprint density at radius 2 is 1.95 bits per heavy atom. The minimum absolute atomic E-state index is 0.291. The third-order valence-corrected chi connectivity index (χ3v) is 5.20. The van der Waals surface area contributed by atoms with Crippen molar-refractivity contribution in [3.05, 3.63) is 47.7 Å². The van der Waals surface area contributed by atoms with Gasteiger partial charge in [0.2, 0.25) is 10.0 Å². The molecule has 1 rings (SSSR count). The highest BCUT2D eigenvalue weighted by molar-refractivity contribution is 7.93. The highest BCUT2D eigenvalue weighted by Gasteiger charge is 2.23. The van der Waals surface area contributed by atoms with E-state index in [1.165, 1.54) is 4.31 Å². The summed E-state index contributed by atoms with van der Waals surface area (Å²) in [6, 6.07) is 0. The number of aromatic amines is 1. The molecule has 5 nitrogen and oxygen atoms in total. The van der Waals surface area contributed by atoms with E-state index >= 15 is 0 Å². The van der Waals surface area contributed by atoms with Gasteiger partial charge >= 0.3 is 0 Å². The zero-order chi connectivity index (χ0) is 16.6. The highest BCUT2D eigenvalue weighted by atomic mass is 32.2. The fraction of sp³-hybridized carbons (Fsp3) is 0.438. The molecule has 0 atom stereocenters. The lowest BCUT2D eigenvalue weighted by Crippen LogP contribution is -2.33. The van der Waals surface area contributed by atoms with Crippen LogP contribution in [0.1, 0.15) is 39.2 Å². The monoisotopic (exact) mass is 323 g/mol. The number of allylic oxidation sites excluding steroid dienone is 4. The minimum atomic E-state index is -3.46. The predicted octanol–water partition coefficient (Wildman–Crippen LogP) is 3.33. The molecule has 0 spiro atoms. The van der Waals surface area contributed by atoms with Gasteiger partial charge in [0.15, 0.2) is 0 Å². The van der Waals surface area contributed by atoms with Crippen LogP contribution in [0.2, 0.25) is 0 Å². The van der Waals surface area contributed by atoms with Gasteiger partial charge in [-0.1, -0.05) is 32.6 Å². The van der Waals surface area contributed by atoms with Crippen LogP contribution in [-0.2, 0) is 10.0 Å². The van der Waals surface area contributed by atoms with E-state index in [1.807, 2.05) is 13.8 Å². The maximum absolute atomic E-state index is 12.7. The van der Waals surface area contributed by atoms with Crippen molar-refractivity contribution in [2.24, 2.45) is 0 Å². The molecule has 0 unspecified atom stereocenters. The van der Waals surface area contributed by atoms with Gasteiger partial charge in [0.1, 0.15) is 0 Å². The van der Waals surface area contributed by atoms with E-state index < -0.39 is 10.0 Å². The number of hydrogen-bond donors (Lipinski definition) is 1. The van der Waals surface area contributed by atoms with Gasteiger partial charge < -0.3 is 0 Å². The van der Waals surface area contributed by atoms with E-state index in [-0.39, 0.29) is 0 Å². The summed E-state index contributed by atoms with van der Waals surface area (Å²) in [7, 11) is -3.46. The van der Waals surface area contributed by atoms with E-state index in [9.17, 15) is 8.42 Å². The Bertz CT molecular complexity index is 622. The van der Waals surface area contributed by atoms with Crippen LogP contribution in [0.4, 0.5) is 0 Å². The Kier molecular flexibility index (Phi) is 7.27. The van der Waals surface area contributed by atoms with Crippen molar-refractivity contribution >= 4 is 15.6 Å². The molecular formula is C16H25N3O2S. The van der Waals surface area contributed by atoms with Gasteiger partial charge in [-0.3, -0.25) is 5.10 Å². The average molecular weight is 323 g/mol. The van der Waals surface area contributed by atoms with Crippen molar-refractivity contribution in [1.82, 2.24) is 14.5 Å². The number of hydrogen-bond acceptors (Lipinski definition) is 3. The molecule has 1 heterocycles. The van der Waals surface area contributed by atoms with Gasteiger partial charge in [-0.05, 0) is 31.4 Å². The summed E-state index contributed by atoms with van der Waals surface area (Å²) in [6.45, 7) is 10.7. The van der Waals surface area contributed by atoms with Gasteiger partial charge in [0.25, 0.3) is 0 Å². The van der Waals surface area contributed by atoms with Gasteiger partial charge in [0, 0.05) is 24.8 Å². The second kappa shape index (κ2) is 8.70. The summed E-state index contributed by atoms with van der Waals surface area (Å²) in [5, 5.41) is 6.56. The fourth-order valence-electron chi connectivity index (χ4n) is 2.04. The van der Waals surface area contributed by atoms with Crippen molar-refractivity contribution in [2.45, 2.75) is 33.6 Å². The highest BCUT2D eigenvalue weighted by Crippen LogP contribution is 2.18. The van der Waals surface area contributed by atoms with Crippen LogP contribution in [0.15, 0.2) is 42.1 Å². The molecule has 0 bridgehead atoms. The molecule has 22 heavy (non-hydrogen) atoms. The average Bonchev–Trinajstić information content (AvgIpc) is 3.01.